The minimum absolute atomic E-state index is 0.127. The number of benzene rings is 1. The molecule has 1 atom stereocenters. The van der Waals surface area contributed by atoms with E-state index in [-0.39, 0.29) is 11.8 Å². The van der Waals surface area contributed by atoms with E-state index in [0.29, 0.717) is 0 Å². The molecule has 1 fully saturated rings. The Bertz CT molecular complexity index is 439. The summed E-state index contributed by atoms with van der Waals surface area (Å²) in [5.74, 6) is -0.0123. The number of amides is 1. The quantitative estimate of drug-likeness (QED) is 0.874. The fourth-order valence-electron chi connectivity index (χ4n) is 2.11. The van der Waals surface area contributed by atoms with Gasteiger partial charge in [-0.15, -0.1) is 0 Å². The van der Waals surface area contributed by atoms with Crippen LogP contribution in [0.25, 0.3) is 0 Å². The zero-order valence-corrected chi connectivity index (χ0v) is 12.1. The molecular formula is C15H23N3O2. The van der Waals surface area contributed by atoms with Crippen molar-refractivity contribution in [2.75, 3.05) is 36.5 Å². The van der Waals surface area contributed by atoms with Crippen LogP contribution >= 0.6 is 0 Å². The zero-order chi connectivity index (χ0) is 14.5. The molecular weight excluding hydrogens is 254 g/mol. The fraction of sp³-hybridized carbons (Fsp3) is 0.533. The van der Waals surface area contributed by atoms with Crippen molar-refractivity contribution >= 4 is 17.3 Å². The van der Waals surface area contributed by atoms with Gasteiger partial charge in [-0.2, -0.15) is 0 Å². The second kappa shape index (κ2) is 6.72. The van der Waals surface area contributed by atoms with Crippen molar-refractivity contribution in [1.29, 1.82) is 0 Å². The molecule has 1 aromatic carbocycles. The van der Waals surface area contributed by atoms with E-state index in [0.717, 1.165) is 37.7 Å². The number of nitrogens with one attached hydrogen (secondary N) is 1. The molecule has 1 saturated heterocycles. The van der Waals surface area contributed by atoms with Crippen molar-refractivity contribution in [3.8, 4) is 0 Å². The molecule has 0 radical (unpaired) electrons. The number of rotatable bonds is 4. The van der Waals surface area contributed by atoms with E-state index in [1.54, 1.807) is 0 Å². The highest BCUT2D eigenvalue weighted by Crippen LogP contribution is 2.19. The van der Waals surface area contributed by atoms with Crippen LogP contribution in [0.15, 0.2) is 24.3 Å². The van der Waals surface area contributed by atoms with Crippen molar-refractivity contribution < 1.29 is 9.53 Å². The van der Waals surface area contributed by atoms with Gasteiger partial charge >= 0.3 is 0 Å². The van der Waals surface area contributed by atoms with Crippen molar-refractivity contribution in [3.05, 3.63) is 24.3 Å². The summed E-state index contributed by atoms with van der Waals surface area (Å²) in [5, 5.41) is 2.85. The number of carbonyl (C=O) groups excluding carboxylic acids is 1. The van der Waals surface area contributed by atoms with Crippen molar-refractivity contribution in [2.45, 2.75) is 19.9 Å². The standard InChI is InChI=1S/C15H23N3O2/c1-11(2)14(16)15(19)17-12-3-5-13(6-4-12)18-7-9-20-10-8-18/h3-6,11,14H,7-10,16H2,1-2H3,(H,17,19)/t14-/m0/s1. The summed E-state index contributed by atoms with van der Waals surface area (Å²) in [6.45, 7) is 7.22. The van der Waals surface area contributed by atoms with Gasteiger partial charge in [-0.1, -0.05) is 13.8 Å². The Kier molecular flexibility index (Phi) is 4.98. The van der Waals surface area contributed by atoms with Crippen LogP contribution in [0.3, 0.4) is 0 Å². The molecule has 0 aromatic heterocycles. The normalized spacial score (nSPS) is 17.1. The molecule has 0 unspecified atom stereocenters. The minimum atomic E-state index is -0.478. The molecule has 5 nitrogen and oxygen atoms in total. The first-order valence-corrected chi connectivity index (χ1v) is 7.07. The van der Waals surface area contributed by atoms with Crippen LogP contribution in [0.4, 0.5) is 11.4 Å². The number of hydrogen-bond donors (Lipinski definition) is 2. The molecule has 1 aliphatic heterocycles. The monoisotopic (exact) mass is 277 g/mol. The van der Waals surface area contributed by atoms with Gasteiger partial charge in [0.05, 0.1) is 19.3 Å². The molecule has 0 aliphatic carbocycles. The fourth-order valence-corrected chi connectivity index (χ4v) is 2.11. The Morgan fingerprint density at radius 2 is 1.85 bits per heavy atom. The molecule has 1 aliphatic rings. The first kappa shape index (κ1) is 14.8. The Balaban J connectivity index is 1.96. The van der Waals surface area contributed by atoms with E-state index in [9.17, 15) is 4.79 Å². The summed E-state index contributed by atoms with van der Waals surface area (Å²) >= 11 is 0. The number of nitrogens with zero attached hydrogens (tertiary/aromatic N) is 1. The van der Waals surface area contributed by atoms with E-state index in [2.05, 4.69) is 10.2 Å². The van der Waals surface area contributed by atoms with Crippen LogP contribution in [0.1, 0.15) is 13.8 Å². The van der Waals surface area contributed by atoms with Crippen LogP contribution in [0.2, 0.25) is 0 Å². The third-order valence-corrected chi connectivity index (χ3v) is 3.53. The van der Waals surface area contributed by atoms with Gasteiger partial charge < -0.3 is 20.7 Å². The maximum Gasteiger partial charge on any atom is 0.241 e. The van der Waals surface area contributed by atoms with Gasteiger partial charge in [0.25, 0.3) is 0 Å². The third-order valence-electron chi connectivity index (χ3n) is 3.53. The predicted octanol–water partition coefficient (Wildman–Crippen LogP) is 1.44. The maximum absolute atomic E-state index is 11.9. The van der Waals surface area contributed by atoms with Crippen LogP contribution < -0.4 is 16.0 Å². The molecule has 5 heteroatoms. The largest absolute Gasteiger partial charge is 0.378 e. The lowest BCUT2D eigenvalue weighted by Gasteiger charge is -2.29. The second-order valence-electron chi connectivity index (χ2n) is 5.41. The Morgan fingerprint density at radius 3 is 2.40 bits per heavy atom. The Morgan fingerprint density at radius 1 is 1.25 bits per heavy atom. The molecule has 20 heavy (non-hydrogen) atoms. The van der Waals surface area contributed by atoms with Crippen LogP contribution in [-0.4, -0.2) is 38.3 Å². The van der Waals surface area contributed by atoms with Crippen molar-refractivity contribution in [1.82, 2.24) is 0 Å². The van der Waals surface area contributed by atoms with E-state index >= 15 is 0 Å². The highest BCUT2D eigenvalue weighted by atomic mass is 16.5. The number of carbonyl (C=O) groups is 1. The molecule has 1 amide bonds. The SMILES string of the molecule is CC(C)[C@H](N)C(=O)Nc1ccc(N2CCOCC2)cc1. The van der Waals surface area contributed by atoms with E-state index < -0.39 is 6.04 Å². The van der Waals surface area contributed by atoms with Crippen molar-refractivity contribution in [3.63, 3.8) is 0 Å². The third kappa shape index (κ3) is 3.71. The lowest BCUT2D eigenvalue weighted by Crippen LogP contribution is -2.39. The smallest absolute Gasteiger partial charge is 0.241 e. The van der Waals surface area contributed by atoms with Gasteiger partial charge in [0, 0.05) is 24.5 Å². The van der Waals surface area contributed by atoms with Gasteiger partial charge in [0.2, 0.25) is 5.91 Å². The molecule has 1 aromatic rings. The van der Waals surface area contributed by atoms with Gasteiger partial charge in [0.15, 0.2) is 0 Å². The number of anilines is 2. The van der Waals surface area contributed by atoms with Gasteiger partial charge in [-0.25, -0.2) is 0 Å². The summed E-state index contributed by atoms with van der Waals surface area (Å²) < 4.78 is 5.33. The lowest BCUT2D eigenvalue weighted by molar-refractivity contribution is -0.118. The van der Waals surface area contributed by atoms with Crippen LogP contribution in [0, 0.1) is 5.92 Å². The topological polar surface area (TPSA) is 67.6 Å². The molecule has 1 heterocycles. The molecule has 2 rings (SSSR count). The number of ether oxygens (including phenoxy) is 1. The summed E-state index contributed by atoms with van der Waals surface area (Å²) in [6.07, 6.45) is 0. The summed E-state index contributed by atoms with van der Waals surface area (Å²) in [6, 6.07) is 7.38. The molecule has 0 spiro atoms. The molecule has 0 bridgehead atoms. The van der Waals surface area contributed by atoms with E-state index in [1.165, 1.54) is 0 Å². The second-order valence-corrected chi connectivity index (χ2v) is 5.41. The van der Waals surface area contributed by atoms with E-state index in [4.69, 9.17) is 10.5 Å². The van der Waals surface area contributed by atoms with E-state index in [1.807, 2.05) is 38.1 Å². The first-order valence-electron chi connectivity index (χ1n) is 7.07. The Labute approximate surface area is 120 Å². The highest BCUT2D eigenvalue weighted by molar-refractivity contribution is 5.94. The molecule has 3 N–H and O–H groups in total. The minimum Gasteiger partial charge on any atom is -0.378 e. The average Bonchev–Trinajstić information content (AvgIpc) is 2.48. The van der Waals surface area contributed by atoms with Gasteiger partial charge in [-0.3, -0.25) is 4.79 Å². The summed E-state index contributed by atoms with van der Waals surface area (Å²) in [5.41, 5.74) is 7.75. The predicted molar refractivity (Wildman–Crippen MR) is 80.9 cm³/mol. The van der Waals surface area contributed by atoms with Crippen LogP contribution in [-0.2, 0) is 9.53 Å². The van der Waals surface area contributed by atoms with Crippen molar-refractivity contribution in [2.24, 2.45) is 11.7 Å². The first-order chi connectivity index (χ1) is 9.58. The number of nitrogens with two attached hydrogens (primary N) is 1. The average molecular weight is 277 g/mol. The summed E-state index contributed by atoms with van der Waals surface area (Å²) in [4.78, 5) is 14.2. The number of morpholine rings is 1. The zero-order valence-electron chi connectivity index (χ0n) is 12.1. The lowest BCUT2D eigenvalue weighted by atomic mass is 10.0. The maximum atomic E-state index is 11.9. The van der Waals surface area contributed by atoms with Gasteiger partial charge in [0.1, 0.15) is 0 Å². The summed E-state index contributed by atoms with van der Waals surface area (Å²) in [7, 11) is 0. The highest BCUT2D eigenvalue weighted by Gasteiger charge is 2.17. The molecule has 0 saturated carbocycles. The number of hydrogen-bond acceptors (Lipinski definition) is 4. The van der Waals surface area contributed by atoms with Crippen LogP contribution in [0.5, 0.6) is 0 Å². The Hall–Kier alpha value is -1.59. The van der Waals surface area contributed by atoms with Gasteiger partial charge in [-0.05, 0) is 30.2 Å². The molecule has 110 valence electrons.